The summed E-state index contributed by atoms with van der Waals surface area (Å²) in [6.07, 6.45) is 1.63. The lowest BCUT2D eigenvalue weighted by atomic mass is 10.3. The van der Waals surface area contributed by atoms with Crippen LogP contribution in [0.2, 0.25) is 5.02 Å². The molecule has 0 aliphatic rings. The van der Waals surface area contributed by atoms with Crippen LogP contribution in [0.25, 0.3) is 0 Å². The van der Waals surface area contributed by atoms with Gasteiger partial charge in [0.05, 0.1) is 10.7 Å². The van der Waals surface area contributed by atoms with E-state index in [4.69, 9.17) is 11.6 Å². The molecule has 2 heterocycles. The van der Waals surface area contributed by atoms with E-state index >= 15 is 0 Å². The van der Waals surface area contributed by atoms with Crippen LogP contribution in [0.5, 0.6) is 0 Å². The zero-order chi connectivity index (χ0) is 12.4. The predicted octanol–water partition coefficient (Wildman–Crippen LogP) is 2.57. The molecule has 7 heteroatoms. The Bertz CT molecular complexity index is 535. The summed E-state index contributed by atoms with van der Waals surface area (Å²) in [6.45, 7) is 4.27. The van der Waals surface area contributed by atoms with E-state index in [1.165, 1.54) is 11.3 Å². The molecule has 1 amide bonds. The lowest BCUT2D eigenvalue weighted by Crippen LogP contribution is -2.17. The van der Waals surface area contributed by atoms with Gasteiger partial charge in [-0.15, -0.1) is 11.3 Å². The summed E-state index contributed by atoms with van der Waals surface area (Å²) in [4.78, 5) is 16.0. The van der Waals surface area contributed by atoms with Crippen molar-refractivity contribution in [3.05, 3.63) is 28.0 Å². The number of carbonyl (C=O) groups is 1. The average molecular weight is 271 g/mol. The second-order valence-corrected chi connectivity index (χ2v) is 4.63. The van der Waals surface area contributed by atoms with Crippen molar-refractivity contribution in [2.24, 2.45) is 0 Å². The molecule has 1 N–H and O–H groups in total. The van der Waals surface area contributed by atoms with Crippen molar-refractivity contribution in [3.8, 4) is 0 Å². The maximum atomic E-state index is 12.0. The number of amides is 1. The van der Waals surface area contributed by atoms with Crippen molar-refractivity contribution in [1.82, 2.24) is 14.8 Å². The van der Waals surface area contributed by atoms with Gasteiger partial charge in [0.1, 0.15) is 5.69 Å². The highest BCUT2D eigenvalue weighted by molar-refractivity contribution is 7.13. The molecule has 0 aromatic carbocycles. The van der Waals surface area contributed by atoms with Gasteiger partial charge in [0.25, 0.3) is 5.91 Å². The minimum absolute atomic E-state index is 0.285. The van der Waals surface area contributed by atoms with Crippen molar-refractivity contribution >= 4 is 34.0 Å². The summed E-state index contributed by atoms with van der Waals surface area (Å²) in [6, 6.07) is 0. The smallest absolute Gasteiger partial charge is 0.277 e. The highest BCUT2D eigenvalue weighted by Gasteiger charge is 2.20. The molecule has 0 saturated carbocycles. The third kappa shape index (κ3) is 2.32. The molecule has 17 heavy (non-hydrogen) atoms. The third-order valence-electron chi connectivity index (χ3n) is 2.22. The molecule has 2 aromatic heterocycles. The fourth-order valence-electron chi connectivity index (χ4n) is 1.45. The highest BCUT2D eigenvalue weighted by Crippen LogP contribution is 2.22. The molecule has 90 valence electrons. The molecule has 0 bridgehead atoms. The largest absolute Gasteiger partial charge is 0.296 e. The van der Waals surface area contributed by atoms with Gasteiger partial charge < -0.3 is 0 Å². The number of aromatic nitrogens is 3. The van der Waals surface area contributed by atoms with Crippen LogP contribution < -0.4 is 5.32 Å². The lowest BCUT2D eigenvalue weighted by molar-refractivity contribution is 0.101. The Morgan fingerprint density at radius 1 is 1.65 bits per heavy atom. The summed E-state index contributed by atoms with van der Waals surface area (Å²) in [7, 11) is 0. The molecule has 0 radical (unpaired) electrons. The van der Waals surface area contributed by atoms with E-state index in [0.717, 1.165) is 0 Å². The molecule has 2 rings (SSSR count). The molecule has 5 nitrogen and oxygen atoms in total. The van der Waals surface area contributed by atoms with Gasteiger partial charge in [-0.3, -0.25) is 14.8 Å². The Morgan fingerprint density at radius 3 is 3.00 bits per heavy atom. The van der Waals surface area contributed by atoms with Crippen LogP contribution in [0.15, 0.2) is 11.6 Å². The van der Waals surface area contributed by atoms with Crippen molar-refractivity contribution in [2.75, 3.05) is 5.32 Å². The minimum atomic E-state index is -0.285. The van der Waals surface area contributed by atoms with E-state index in [9.17, 15) is 4.79 Å². The van der Waals surface area contributed by atoms with Crippen LogP contribution in [0, 0.1) is 6.92 Å². The van der Waals surface area contributed by atoms with E-state index in [2.05, 4.69) is 15.4 Å². The molecule has 0 unspecified atom stereocenters. The minimum Gasteiger partial charge on any atom is -0.296 e. The first-order chi connectivity index (χ1) is 8.13. The average Bonchev–Trinajstić information content (AvgIpc) is 2.88. The molecule has 0 aliphatic carbocycles. The summed E-state index contributed by atoms with van der Waals surface area (Å²) in [5.41, 5.74) is 1.03. The monoisotopic (exact) mass is 270 g/mol. The molecule has 0 aliphatic heterocycles. The van der Waals surface area contributed by atoms with Gasteiger partial charge in [-0.2, -0.15) is 5.10 Å². The summed E-state index contributed by atoms with van der Waals surface area (Å²) >= 11 is 7.42. The second-order valence-electron chi connectivity index (χ2n) is 3.36. The zero-order valence-corrected chi connectivity index (χ0v) is 11.0. The molecule has 0 saturated heterocycles. The number of halogens is 1. The molecule has 0 spiro atoms. The normalized spacial score (nSPS) is 10.5. The van der Waals surface area contributed by atoms with Gasteiger partial charge in [-0.05, 0) is 13.8 Å². The van der Waals surface area contributed by atoms with Gasteiger partial charge >= 0.3 is 0 Å². The van der Waals surface area contributed by atoms with E-state index in [1.54, 1.807) is 23.2 Å². The maximum absolute atomic E-state index is 12.0. The van der Waals surface area contributed by atoms with Crippen LogP contribution in [-0.4, -0.2) is 20.7 Å². The fraction of sp³-hybridized carbons (Fsp3) is 0.300. The van der Waals surface area contributed by atoms with Crippen molar-refractivity contribution in [2.45, 2.75) is 20.4 Å². The number of thiazole rings is 1. The van der Waals surface area contributed by atoms with E-state index < -0.39 is 0 Å². The van der Waals surface area contributed by atoms with Crippen molar-refractivity contribution in [1.29, 1.82) is 0 Å². The maximum Gasteiger partial charge on any atom is 0.277 e. The van der Waals surface area contributed by atoms with Crippen LogP contribution in [0.3, 0.4) is 0 Å². The number of aryl methyl sites for hydroxylation is 2. The van der Waals surface area contributed by atoms with E-state index in [0.29, 0.717) is 28.1 Å². The van der Waals surface area contributed by atoms with Gasteiger partial charge in [0.2, 0.25) is 0 Å². The van der Waals surface area contributed by atoms with Gasteiger partial charge in [-0.1, -0.05) is 11.6 Å². The first kappa shape index (κ1) is 12.1. The Hall–Kier alpha value is -1.40. The Kier molecular flexibility index (Phi) is 3.44. The third-order valence-corrected chi connectivity index (χ3v) is 3.36. The number of hydrogen-bond donors (Lipinski definition) is 1. The summed E-state index contributed by atoms with van der Waals surface area (Å²) in [5, 5.41) is 9.61. The van der Waals surface area contributed by atoms with Crippen molar-refractivity contribution in [3.63, 3.8) is 0 Å². The number of nitrogens with zero attached hydrogens (tertiary/aromatic N) is 3. The van der Waals surface area contributed by atoms with Gasteiger partial charge in [0, 0.05) is 18.1 Å². The predicted molar refractivity (Wildman–Crippen MR) is 67.7 cm³/mol. The number of rotatable bonds is 3. The summed E-state index contributed by atoms with van der Waals surface area (Å²) < 4.78 is 1.58. The Balaban J connectivity index is 2.30. The first-order valence-corrected chi connectivity index (χ1v) is 6.33. The first-order valence-electron chi connectivity index (χ1n) is 5.07. The molecule has 0 atom stereocenters. The topological polar surface area (TPSA) is 59.8 Å². The number of carbonyl (C=O) groups excluding carboxylic acids is 1. The Labute approximate surface area is 107 Å². The second kappa shape index (κ2) is 4.85. The molecular formula is C10H11ClN4OS. The standard InChI is InChI=1S/C10H11ClN4OS/c1-3-15-8(7(11)6(2)14-15)9(16)13-10-12-4-5-17-10/h4-5H,3H2,1-2H3,(H,12,13,16). The van der Waals surface area contributed by atoms with Crippen LogP contribution in [-0.2, 0) is 6.54 Å². The van der Waals surface area contributed by atoms with Crippen LogP contribution in [0.1, 0.15) is 23.1 Å². The number of nitrogens with one attached hydrogen (secondary N) is 1. The Morgan fingerprint density at radius 2 is 2.41 bits per heavy atom. The van der Waals surface area contributed by atoms with E-state index in [-0.39, 0.29) is 5.91 Å². The number of anilines is 1. The van der Waals surface area contributed by atoms with Gasteiger partial charge in [0.15, 0.2) is 5.13 Å². The highest BCUT2D eigenvalue weighted by atomic mass is 35.5. The SMILES string of the molecule is CCn1nc(C)c(Cl)c1C(=O)Nc1nccs1. The fourth-order valence-corrected chi connectivity index (χ4v) is 2.19. The zero-order valence-electron chi connectivity index (χ0n) is 9.40. The number of hydrogen-bond acceptors (Lipinski definition) is 4. The van der Waals surface area contributed by atoms with Crippen molar-refractivity contribution < 1.29 is 4.79 Å². The molecule has 2 aromatic rings. The summed E-state index contributed by atoms with van der Waals surface area (Å²) in [5.74, 6) is -0.285. The van der Waals surface area contributed by atoms with E-state index in [1.807, 2.05) is 6.92 Å². The molecule has 0 fully saturated rings. The lowest BCUT2D eigenvalue weighted by Gasteiger charge is -2.04. The quantitative estimate of drug-likeness (QED) is 0.932. The van der Waals surface area contributed by atoms with Crippen LogP contribution in [0.4, 0.5) is 5.13 Å². The van der Waals surface area contributed by atoms with Gasteiger partial charge in [-0.25, -0.2) is 4.98 Å². The molecular weight excluding hydrogens is 260 g/mol. The van der Waals surface area contributed by atoms with Crippen LogP contribution >= 0.6 is 22.9 Å².